The fourth-order valence-corrected chi connectivity index (χ4v) is 1.25. The summed E-state index contributed by atoms with van der Waals surface area (Å²) in [4.78, 5) is 43.5. The van der Waals surface area contributed by atoms with Crippen molar-refractivity contribution < 1.29 is 39.2 Å². The van der Waals surface area contributed by atoms with Gasteiger partial charge in [0, 0.05) is 0 Å². The molecule has 0 radical (unpaired) electrons. The van der Waals surface area contributed by atoms with Crippen LogP contribution in [0.15, 0.2) is 30.5 Å². The Kier molecular flexibility index (Phi) is 4.57. The predicted molar refractivity (Wildman–Crippen MR) is 62.6 cm³/mol. The normalized spacial score (nSPS) is 10.2. The Bertz CT molecular complexity index is 614. The minimum atomic E-state index is -1.45. The van der Waals surface area contributed by atoms with Crippen LogP contribution in [0.2, 0.25) is 0 Å². The minimum Gasteiger partial charge on any atom is -0.478 e. The van der Waals surface area contributed by atoms with Crippen molar-refractivity contribution in [2.75, 3.05) is 0 Å². The van der Waals surface area contributed by atoms with Gasteiger partial charge < -0.3 is 20.1 Å². The average Bonchev–Trinajstić information content (AvgIpc) is 2.37. The summed E-state index contributed by atoms with van der Waals surface area (Å²) in [5.41, 5.74) is -1.25. The first-order chi connectivity index (χ1) is 9.32. The van der Waals surface area contributed by atoms with E-state index in [-0.39, 0.29) is 5.56 Å². The Morgan fingerprint density at radius 3 is 2.10 bits per heavy atom. The summed E-state index contributed by atoms with van der Waals surface area (Å²) in [5.74, 6) is -5.34. The molecular weight excluding hydrogens is 272 g/mol. The second-order valence-corrected chi connectivity index (χ2v) is 3.42. The van der Waals surface area contributed by atoms with Gasteiger partial charge in [-0.2, -0.15) is 0 Å². The summed E-state index contributed by atoms with van der Waals surface area (Å²) < 4.78 is 4.41. The molecule has 3 N–H and O–H groups in total. The van der Waals surface area contributed by atoms with Crippen LogP contribution in [0.3, 0.4) is 0 Å². The Morgan fingerprint density at radius 1 is 0.950 bits per heavy atom. The van der Waals surface area contributed by atoms with Crippen LogP contribution in [-0.4, -0.2) is 39.2 Å². The molecule has 0 atom stereocenters. The zero-order valence-electron chi connectivity index (χ0n) is 9.77. The van der Waals surface area contributed by atoms with Crippen molar-refractivity contribution in [2.45, 2.75) is 0 Å². The van der Waals surface area contributed by atoms with E-state index in [0.717, 1.165) is 18.2 Å². The van der Waals surface area contributed by atoms with E-state index in [1.807, 2.05) is 0 Å². The third-order valence-electron chi connectivity index (χ3n) is 2.10. The largest absolute Gasteiger partial charge is 0.478 e. The van der Waals surface area contributed by atoms with Gasteiger partial charge in [0.1, 0.15) is 6.26 Å². The molecule has 0 aliphatic carbocycles. The van der Waals surface area contributed by atoms with Crippen molar-refractivity contribution in [3.8, 4) is 0 Å². The monoisotopic (exact) mass is 280 g/mol. The number of aromatic carboxylic acids is 2. The number of hydrogen-bond donors (Lipinski definition) is 3. The van der Waals surface area contributed by atoms with Gasteiger partial charge in [0.25, 0.3) is 0 Å². The fourth-order valence-electron chi connectivity index (χ4n) is 1.25. The number of aliphatic carboxylic acids is 1. The van der Waals surface area contributed by atoms with Crippen LogP contribution in [0.1, 0.15) is 31.1 Å². The van der Waals surface area contributed by atoms with Gasteiger partial charge in [-0.05, 0) is 18.2 Å². The highest BCUT2D eigenvalue weighted by molar-refractivity contribution is 6.04. The van der Waals surface area contributed by atoms with E-state index in [9.17, 15) is 19.2 Å². The number of carboxylic acid groups (broad SMARTS) is 3. The number of benzene rings is 1. The molecule has 0 spiro atoms. The van der Waals surface area contributed by atoms with Gasteiger partial charge in [0.2, 0.25) is 0 Å². The zero-order valence-corrected chi connectivity index (χ0v) is 9.77. The number of carbonyl (C=O) groups is 4. The first kappa shape index (κ1) is 14.9. The topological polar surface area (TPSA) is 138 Å². The first-order valence-electron chi connectivity index (χ1n) is 5.04. The molecule has 20 heavy (non-hydrogen) atoms. The summed E-state index contributed by atoms with van der Waals surface area (Å²) in [6, 6.07) is 2.81. The van der Waals surface area contributed by atoms with E-state index in [2.05, 4.69) is 4.74 Å². The summed E-state index contributed by atoms with van der Waals surface area (Å²) in [7, 11) is 0. The van der Waals surface area contributed by atoms with Gasteiger partial charge in [-0.15, -0.1) is 0 Å². The highest BCUT2D eigenvalue weighted by atomic mass is 16.5. The van der Waals surface area contributed by atoms with Crippen LogP contribution in [0.5, 0.6) is 0 Å². The summed E-state index contributed by atoms with van der Waals surface area (Å²) >= 11 is 0. The maximum Gasteiger partial charge on any atom is 0.343 e. The molecule has 1 aromatic rings. The van der Waals surface area contributed by atoms with E-state index in [1.54, 1.807) is 0 Å². The lowest BCUT2D eigenvalue weighted by atomic mass is 10.0. The number of carbonyl (C=O) groups excluding carboxylic acids is 1. The van der Waals surface area contributed by atoms with Crippen molar-refractivity contribution in [1.29, 1.82) is 0 Å². The van der Waals surface area contributed by atoms with Crippen LogP contribution in [-0.2, 0) is 9.53 Å². The maximum absolute atomic E-state index is 11.6. The molecule has 0 aromatic heterocycles. The minimum absolute atomic E-state index is 0.302. The fraction of sp³-hybridized carbons (Fsp3) is 0. The summed E-state index contributed by atoms with van der Waals surface area (Å²) in [6.45, 7) is 0. The van der Waals surface area contributed by atoms with E-state index in [0.29, 0.717) is 12.3 Å². The number of carboxylic acids is 3. The van der Waals surface area contributed by atoms with E-state index in [4.69, 9.17) is 15.3 Å². The van der Waals surface area contributed by atoms with Gasteiger partial charge in [-0.1, -0.05) is 0 Å². The van der Waals surface area contributed by atoms with Gasteiger partial charge >= 0.3 is 23.9 Å². The summed E-state index contributed by atoms with van der Waals surface area (Å²) in [5, 5.41) is 26.0. The standard InChI is InChI=1S/C12H8O8/c13-9(14)3-4-20-12(19)8-5-6(10(15)16)1-2-7(8)11(17)18/h1-5H,(H,13,14)(H,15,16)(H,17,18). The molecule has 8 heteroatoms. The molecule has 0 saturated carbocycles. The van der Waals surface area contributed by atoms with Gasteiger partial charge in [0.15, 0.2) is 0 Å². The highest BCUT2D eigenvalue weighted by Gasteiger charge is 2.19. The van der Waals surface area contributed by atoms with Crippen LogP contribution in [0.4, 0.5) is 0 Å². The van der Waals surface area contributed by atoms with Crippen LogP contribution in [0.25, 0.3) is 0 Å². The lowest BCUT2D eigenvalue weighted by Gasteiger charge is -2.05. The first-order valence-corrected chi connectivity index (χ1v) is 5.04. The molecule has 1 rings (SSSR count). The van der Waals surface area contributed by atoms with Crippen LogP contribution in [0, 0.1) is 0 Å². The molecule has 104 valence electrons. The SMILES string of the molecule is O=C(O)C=COC(=O)c1cc(C(=O)O)ccc1C(=O)O. The average molecular weight is 280 g/mol. The summed E-state index contributed by atoms with van der Waals surface area (Å²) in [6.07, 6.45) is 1.09. The van der Waals surface area contributed by atoms with Crippen molar-refractivity contribution in [3.63, 3.8) is 0 Å². The molecule has 0 bridgehead atoms. The number of ether oxygens (including phenoxy) is 1. The molecule has 0 fully saturated rings. The zero-order chi connectivity index (χ0) is 15.3. The van der Waals surface area contributed by atoms with Crippen molar-refractivity contribution in [3.05, 3.63) is 47.2 Å². The lowest BCUT2D eigenvalue weighted by molar-refractivity contribution is -0.131. The van der Waals surface area contributed by atoms with Crippen molar-refractivity contribution in [1.82, 2.24) is 0 Å². The van der Waals surface area contributed by atoms with Gasteiger partial charge in [-0.25, -0.2) is 19.2 Å². The Hall–Kier alpha value is -3.16. The lowest BCUT2D eigenvalue weighted by Crippen LogP contribution is -2.12. The maximum atomic E-state index is 11.6. The Labute approximate surface area is 111 Å². The molecular formula is C12H8O8. The smallest absolute Gasteiger partial charge is 0.343 e. The molecule has 8 nitrogen and oxygen atoms in total. The molecule has 0 unspecified atom stereocenters. The van der Waals surface area contributed by atoms with Gasteiger partial charge in [0.05, 0.1) is 22.8 Å². The highest BCUT2D eigenvalue weighted by Crippen LogP contribution is 2.14. The van der Waals surface area contributed by atoms with E-state index < -0.39 is 35.0 Å². The van der Waals surface area contributed by atoms with Crippen molar-refractivity contribution >= 4 is 23.9 Å². The van der Waals surface area contributed by atoms with Crippen molar-refractivity contribution in [2.24, 2.45) is 0 Å². The Morgan fingerprint density at radius 2 is 1.60 bits per heavy atom. The van der Waals surface area contributed by atoms with Gasteiger partial charge in [-0.3, -0.25) is 0 Å². The third kappa shape index (κ3) is 3.67. The molecule has 0 aliphatic heterocycles. The van der Waals surface area contributed by atoms with Crippen LogP contribution >= 0.6 is 0 Å². The molecule has 1 aromatic carbocycles. The van der Waals surface area contributed by atoms with E-state index in [1.165, 1.54) is 0 Å². The third-order valence-corrected chi connectivity index (χ3v) is 2.10. The molecule has 0 amide bonds. The Balaban J connectivity index is 3.15. The molecule has 0 saturated heterocycles. The van der Waals surface area contributed by atoms with E-state index >= 15 is 0 Å². The molecule has 0 heterocycles. The number of hydrogen-bond acceptors (Lipinski definition) is 5. The number of rotatable bonds is 5. The number of esters is 1. The quantitative estimate of drug-likeness (QED) is 0.409. The van der Waals surface area contributed by atoms with Crippen LogP contribution < -0.4 is 0 Å². The molecule has 0 aliphatic rings. The predicted octanol–water partition coefficient (Wildman–Crippen LogP) is 0.838. The second-order valence-electron chi connectivity index (χ2n) is 3.42. The second kappa shape index (κ2) is 6.14.